The van der Waals surface area contributed by atoms with Crippen molar-refractivity contribution >= 4 is 0 Å². The highest BCUT2D eigenvalue weighted by atomic mass is 19.1. The molecule has 0 bridgehead atoms. The Morgan fingerprint density at radius 2 is 1.85 bits per heavy atom. The summed E-state index contributed by atoms with van der Waals surface area (Å²) in [7, 11) is 0. The molecule has 4 heteroatoms. The molecule has 1 aromatic rings. The van der Waals surface area contributed by atoms with Crippen molar-refractivity contribution in [3.8, 4) is 0 Å². The molecule has 2 unspecified atom stereocenters. The molecule has 0 aromatic heterocycles. The molecule has 1 saturated heterocycles. The van der Waals surface area contributed by atoms with E-state index < -0.39 is 11.6 Å². The summed E-state index contributed by atoms with van der Waals surface area (Å²) in [6.45, 7) is 7.24. The molecule has 1 N–H and O–H groups in total. The first kappa shape index (κ1) is 15.4. The van der Waals surface area contributed by atoms with E-state index in [-0.39, 0.29) is 6.04 Å². The Balaban J connectivity index is 1.86. The van der Waals surface area contributed by atoms with Crippen LogP contribution in [-0.4, -0.2) is 30.6 Å². The molecule has 1 fully saturated rings. The first-order valence-corrected chi connectivity index (χ1v) is 7.50. The first-order chi connectivity index (χ1) is 9.58. The molecule has 1 aliphatic heterocycles. The van der Waals surface area contributed by atoms with Crippen LogP contribution in [0.3, 0.4) is 0 Å². The standard InChI is InChI=1S/C16H24F2N2/c1-12(20-8-4-3-5-9-20)11-19-13(2)15-7-6-14(17)10-16(15)18/h6-7,10,12-13,19H,3-5,8-9,11H2,1-2H3. The summed E-state index contributed by atoms with van der Waals surface area (Å²) >= 11 is 0. The van der Waals surface area contributed by atoms with Gasteiger partial charge in [0.2, 0.25) is 0 Å². The van der Waals surface area contributed by atoms with Gasteiger partial charge in [0.05, 0.1) is 0 Å². The zero-order chi connectivity index (χ0) is 14.5. The largest absolute Gasteiger partial charge is 0.309 e. The second-order valence-electron chi connectivity index (χ2n) is 5.74. The fourth-order valence-electron chi connectivity index (χ4n) is 2.80. The van der Waals surface area contributed by atoms with Crippen LogP contribution in [0.1, 0.15) is 44.7 Å². The van der Waals surface area contributed by atoms with Crippen LogP contribution in [-0.2, 0) is 0 Å². The maximum absolute atomic E-state index is 13.7. The number of rotatable bonds is 5. The minimum Gasteiger partial charge on any atom is -0.309 e. The summed E-state index contributed by atoms with van der Waals surface area (Å²) in [5, 5.41) is 3.35. The van der Waals surface area contributed by atoms with Crippen LogP contribution in [0.5, 0.6) is 0 Å². The Morgan fingerprint density at radius 1 is 1.15 bits per heavy atom. The Morgan fingerprint density at radius 3 is 2.50 bits per heavy atom. The SMILES string of the molecule is CC(NCC(C)N1CCCCC1)c1ccc(F)cc1F. The maximum Gasteiger partial charge on any atom is 0.130 e. The monoisotopic (exact) mass is 282 g/mol. The summed E-state index contributed by atoms with van der Waals surface area (Å²) in [5.41, 5.74) is 0.525. The predicted molar refractivity (Wildman–Crippen MR) is 77.7 cm³/mol. The van der Waals surface area contributed by atoms with Gasteiger partial charge in [-0.1, -0.05) is 12.5 Å². The average molecular weight is 282 g/mol. The van der Waals surface area contributed by atoms with Gasteiger partial charge in [0.1, 0.15) is 11.6 Å². The van der Waals surface area contributed by atoms with E-state index in [0.717, 1.165) is 25.7 Å². The summed E-state index contributed by atoms with van der Waals surface area (Å²) in [5.74, 6) is -1.00. The fraction of sp³-hybridized carbons (Fsp3) is 0.625. The Bertz CT molecular complexity index is 430. The second kappa shape index (κ2) is 7.14. The van der Waals surface area contributed by atoms with Crippen LogP contribution in [0.25, 0.3) is 0 Å². The van der Waals surface area contributed by atoms with Gasteiger partial charge in [-0.05, 0) is 45.8 Å². The summed E-state index contributed by atoms with van der Waals surface area (Å²) < 4.78 is 26.6. The van der Waals surface area contributed by atoms with E-state index in [1.54, 1.807) is 0 Å². The number of nitrogens with one attached hydrogen (secondary N) is 1. The van der Waals surface area contributed by atoms with E-state index in [1.807, 2.05) is 6.92 Å². The minimum absolute atomic E-state index is 0.108. The third-order valence-corrected chi connectivity index (χ3v) is 4.16. The number of hydrogen-bond donors (Lipinski definition) is 1. The molecule has 2 atom stereocenters. The van der Waals surface area contributed by atoms with Gasteiger partial charge in [0.15, 0.2) is 0 Å². The van der Waals surface area contributed by atoms with Gasteiger partial charge in [0, 0.05) is 30.3 Å². The van der Waals surface area contributed by atoms with Gasteiger partial charge in [0.25, 0.3) is 0 Å². The van der Waals surface area contributed by atoms with Gasteiger partial charge in [-0.3, -0.25) is 4.90 Å². The highest BCUT2D eigenvalue weighted by Crippen LogP contribution is 2.18. The number of likely N-dealkylation sites (tertiary alicyclic amines) is 1. The number of benzene rings is 1. The van der Waals surface area contributed by atoms with Gasteiger partial charge in [-0.25, -0.2) is 8.78 Å². The van der Waals surface area contributed by atoms with Crippen molar-refractivity contribution in [3.05, 3.63) is 35.4 Å². The van der Waals surface area contributed by atoms with Crippen LogP contribution < -0.4 is 5.32 Å². The van der Waals surface area contributed by atoms with E-state index in [2.05, 4.69) is 17.1 Å². The van der Waals surface area contributed by atoms with E-state index in [1.165, 1.54) is 31.4 Å². The van der Waals surface area contributed by atoms with Crippen LogP contribution >= 0.6 is 0 Å². The molecule has 112 valence electrons. The second-order valence-corrected chi connectivity index (χ2v) is 5.74. The van der Waals surface area contributed by atoms with E-state index in [0.29, 0.717) is 11.6 Å². The lowest BCUT2D eigenvalue weighted by atomic mass is 10.1. The van der Waals surface area contributed by atoms with E-state index in [9.17, 15) is 8.78 Å². The zero-order valence-electron chi connectivity index (χ0n) is 12.3. The van der Waals surface area contributed by atoms with Crippen molar-refractivity contribution in [2.45, 2.75) is 45.2 Å². The van der Waals surface area contributed by atoms with E-state index in [4.69, 9.17) is 0 Å². The molecule has 20 heavy (non-hydrogen) atoms. The smallest absolute Gasteiger partial charge is 0.130 e. The van der Waals surface area contributed by atoms with Gasteiger partial charge >= 0.3 is 0 Å². The van der Waals surface area contributed by atoms with Gasteiger partial charge in [-0.15, -0.1) is 0 Å². The van der Waals surface area contributed by atoms with Gasteiger partial charge in [-0.2, -0.15) is 0 Å². The molecule has 0 radical (unpaired) electrons. The molecule has 0 aliphatic carbocycles. The third-order valence-electron chi connectivity index (χ3n) is 4.16. The Kier molecular flexibility index (Phi) is 5.49. The number of piperidine rings is 1. The number of nitrogens with zero attached hydrogens (tertiary/aromatic N) is 1. The number of hydrogen-bond acceptors (Lipinski definition) is 2. The minimum atomic E-state index is -0.528. The Hall–Kier alpha value is -1.00. The van der Waals surface area contributed by atoms with Crippen LogP contribution in [0.15, 0.2) is 18.2 Å². The molecular formula is C16H24F2N2. The van der Waals surface area contributed by atoms with Crippen molar-refractivity contribution in [2.75, 3.05) is 19.6 Å². The molecule has 0 amide bonds. The highest BCUT2D eigenvalue weighted by molar-refractivity contribution is 5.21. The molecule has 2 rings (SSSR count). The maximum atomic E-state index is 13.7. The highest BCUT2D eigenvalue weighted by Gasteiger charge is 2.18. The topological polar surface area (TPSA) is 15.3 Å². The molecule has 1 aromatic carbocycles. The van der Waals surface area contributed by atoms with Gasteiger partial charge < -0.3 is 5.32 Å². The fourth-order valence-corrected chi connectivity index (χ4v) is 2.80. The summed E-state index contributed by atoms with van der Waals surface area (Å²) in [6.07, 6.45) is 3.87. The van der Waals surface area contributed by atoms with Crippen molar-refractivity contribution in [3.63, 3.8) is 0 Å². The molecule has 0 spiro atoms. The lowest BCUT2D eigenvalue weighted by molar-refractivity contribution is 0.168. The average Bonchev–Trinajstić information content (AvgIpc) is 2.45. The zero-order valence-corrected chi connectivity index (χ0v) is 12.3. The number of halogens is 2. The lowest BCUT2D eigenvalue weighted by Gasteiger charge is -2.33. The lowest BCUT2D eigenvalue weighted by Crippen LogP contribution is -2.43. The predicted octanol–water partition coefficient (Wildman–Crippen LogP) is 3.49. The van der Waals surface area contributed by atoms with Crippen LogP contribution in [0.2, 0.25) is 0 Å². The molecule has 2 nitrogen and oxygen atoms in total. The normalized spacial score (nSPS) is 19.8. The molecular weight excluding hydrogens is 258 g/mol. The van der Waals surface area contributed by atoms with E-state index >= 15 is 0 Å². The van der Waals surface area contributed by atoms with Crippen molar-refractivity contribution < 1.29 is 8.78 Å². The van der Waals surface area contributed by atoms with Crippen molar-refractivity contribution in [2.24, 2.45) is 0 Å². The van der Waals surface area contributed by atoms with Crippen molar-refractivity contribution in [1.82, 2.24) is 10.2 Å². The summed E-state index contributed by atoms with van der Waals surface area (Å²) in [6, 6.07) is 4.12. The van der Waals surface area contributed by atoms with Crippen molar-refractivity contribution in [1.29, 1.82) is 0 Å². The molecule has 0 saturated carbocycles. The van der Waals surface area contributed by atoms with Crippen LogP contribution in [0.4, 0.5) is 8.78 Å². The molecule has 1 heterocycles. The summed E-state index contributed by atoms with van der Waals surface area (Å²) in [4.78, 5) is 2.48. The quantitative estimate of drug-likeness (QED) is 0.889. The third kappa shape index (κ3) is 4.00. The first-order valence-electron chi connectivity index (χ1n) is 7.50. The Labute approximate surface area is 120 Å². The van der Waals surface area contributed by atoms with Crippen LogP contribution in [0, 0.1) is 11.6 Å². The molecule has 1 aliphatic rings.